The molecule has 2 amide bonds. The van der Waals surface area contributed by atoms with Crippen molar-refractivity contribution in [2.45, 2.75) is 13.0 Å². The van der Waals surface area contributed by atoms with Crippen molar-refractivity contribution >= 4 is 34.9 Å². The molecule has 1 aliphatic heterocycles. The lowest BCUT2D eigenvalue weighted by Crippen LogP contribution is -2.36. The van der Waals surface area contributed by atoms with E-state index in [0.717, 1.165) is 23.2 Å². The molecule has 0 saturated carbocycles. The number of carbonyl (C=O) groups is 2. The SMILES string of the molecule is O=C(/C=C/c1ccsc1)Nc1ccc2c(c1)CN(C(=O)c1ccccc1)CC2. The minimum atomic E-state index is -0.167. The maximum Gasteiger partial charge on any atom is 0.254 e. The lowest BCUT2D eigenvalue weighted by Gasteiger charge is -2.29. The lowest BCUT2D eigenvalue weighted by atomic mass is 9.98. The monoisotopic (exact) mass is 388 g/mol. The molecule has 2 aromatic carbocycles. The minimum absolute atomic E-state index is 0.0411. The van der Waals surface area contributed by atoms with Gasteiger partial charge in [0.25, 0.3) is 5.91 Å². The number of benzene rings is 2. The number of hydrogen-bond donors (Lipinski definition) is 1. The van der Waals surface area contributed by atoms with Crippen LogP contribution < -0.4 is 5.32 Å². The minimum Gasteiger partial charge on any atom is -0.334 e. The van der Waals surface area contributed by atoms with Gasteiger partial charge in [-0.15, -0.1) is 0 Å². The summed E-state index contributed by atoms with van der Waals surface area (Å²) in [5, 5.41) is 6.87. The summed E-state index contributed by atoms with van der Waals surface area (Å²) in [5.74, 6) is -0.126. The Labute approximate surface area is 168 Å². The highest BCUT2D eigenvalue weighted by Crippen LogP contribution is 2.24. The van der Waals surface area contributed by atoms with Crippen LogP contribution in [0, 0.1) is 0 Å². The molecule has 0 bridgehead atoms. The maximum atomic E-state index is 12.7. The van der Waals surface area contributed by atoms with Crippen LogP contribution in [-0.2, 0) is 17.8 Å². The van der Waals surface area contributed by atoms with Crippen molar-refractivity contribution in [1.82, 2.24) is 4.90 Å². The third-order valence-corrected chi connectivity index (χ3v) is 5.47. The van der Waals surface area contributed by atoms with Gasteiger partial charge in [-0.1, -0.05) is 24.3 Å². The molecule has 0 aliphatic carbocycles. The lowest BCUT2D eigenvalue weighted by molar-refractivity contribution is -0.111. The van der Waals surface area contributed by atoms with Gasteiger partial charge in [0.2, 0.25) is 5.91 Å². The van der Waals surface area contributed by atoms with Crippen LogP contribution in [0.25, 0.3) is 6.08 Å². The van der Waals surface area contributed by atoms with E-state index in [1.165, 1.54) is 11.6 Å². The van der Waals surface area contributed by atoms with Crippen LogP contribution in [0.2, 0.25) is 0 Å². The first-order valence-electron chi connectivity index (χ1n) is 9.16. The van der Waals surface area contributed by atoms with E-state index < -0.39 is 0 Å². The van der Waals surface area contributed by atoms with E-state index in [1.54, 1.807) is 17.4 Å². The Bertz CT molecular complexity index is 1010. The van der Waals surface area contributed by atoms with Gasteiger partial charge in [-0.25, -0.2) is 0 Å². The smallest absolute Gasteiger partial charge is 0.254 e. The number of nitrogens with zero attached hydrogens (tertiary/aromatic N) is 1. The van der Waals surface area contributed by atoms with Crippen molar-refractivity contribution in [3.8, 4) is 0 Å². The fourth-order valence-electron chi connectivity index (χ4n) is 3.30. The van der Waals surface area contributed by atoms with Crippen molar-refractivity contribution in [1.29, 1.82) is 0 Å². The first-order chi connectivity index (χ1) is 13.7. The van der Waals surface area contributed by atoms with Crippen LogP contribution in [0.3, 0.4) is 0 Å². The molecule has 5 heteroatoms. The Morgan fingerprint density at radius 3 is 2.68 bits per heavy atom. The Hall–Kier alpha value is -3.18. The summed E-state index contributed by atoms with van der Waals surface area (Å²) < 4.78 is 0. The average Bonchev–Trinajstić information content (AvgIpc) is 3.25. The van der Waals surface area contributed by atoms with Crippen LogP contribution >= 0.6 is 11.3 Å². The van der Waals surface area contributed by atoms with Crippen molar-refractivity contribution < 1.29 is 9.59 Å². The highest BCUT2D eigenvalue weighted by Gasteiger charge is 2.22. The van der Waals surface area contributed by atoms with E-state index in [2.05, 4.69) is 5.32 Å². The Kier molecular flexibility index (Phi) is 5.35. The molecule has 140 valence electrons. The van der Waals surface area contributed by atoms with Gasteiger partial charge in [-0.2, -0.15) is 11.3 Å². The van der Waals surface area contributed by atoms with Crippen molar-refractivity contribution in [2.24, 2.45) is 0 Å². The molecule has 1 aromatic heterocycles. The normalized spacial score (nSPS) is 13.4. The van der Waals surface area contributed by atoms with E-state index in [0.29, 0.717) is 18.7 Å². The molecule has 4 rings (SSSR count). The number of nitrogens with one attached hydrogen (secondary N) is 1. The molecule has 2 heterocycles. The predicted molar refractivity (Wildman–Crippen MR) is 113 cm³/mol. The molecule has 3 aromatic rings. The Morgan fingerprint density at radius 2 is 1.89 bits per heavy atom. The number of amides is 2. The molecular formula is C23H20N2O2S. The highest BCUT2D eigenvalue weighted by molar-refractivity contribution is 7.08. The van der Waals surface area contributed by atoms with Crippen LogP contribution in [0.1, 0.15) is 27.0 Å². The second-order valence-corrected chi connectivity index (χ2v) is 7.49. The van der Waals surface area contributed by atoms with E-state index >= 15 is 0 Å². The van der Waals surface area contributed by atoms with Gasteiger partial charge >= 0.3 is 0 Å². The second-order valence-electron chi connectivity index (χ2n) is 6.71. The van der Waals surface area contributed by atoms with Crippen LogP contribution in [0.4, 0.5) is 5.69 Å². The van der Waals surface area contributed by atoms with Crippen molar-refractivity contribution in [3.05, 3.63) is 93.7 Å². The van der Waals surface area contributed by atoms with E-state index in [4.69, 9.17) is 0 Å². The van der Waals surface area contributed by atoms with Gasteiger partial charge in [0, 0.05) is 30.4 Å². The summed E-state index contributed by atoms with van der Waals surface area (Å²) in [6.07, 6.45) is 4.15. The highest BCUT2D eigenvalue weighted by atomic mass is 32.1. The number of thiophene rings is 1. The fraction of sp³-hybridized carbons (Fsp3) is 0.130. The average molecular weight is 388 g/mol. The first-order valence-corrected chi connectivity index (χ1v) is 10.1. The number of fused-ring (bicyclic) bond motifs is 1. The largest absolute Gasteiger partial charge is 0.334 e. The summed E-state index contributed by atoms with van der Waals surface area (Å²) >= 11 is 1.60. The number of carbonyl (C=O) groups excluding carboxylic acids is 2. The molecular weight excluding hydrogens is 368 g/mol. The van der Waals surface area contributed by atoms with Gasteiger partial charge < -0.3 is 10.2 Å². The second kappa shape index (κ2) is 8.23. The Balaban J connectivity index is 1.45. The summed E-state index contributed by atoms with van der Waals surface area (Å²) in [5.41, 5.74) is 4.77. The van der Waals surface area contributed by atoms with Crippen LogP contribution in [-0.4, -0.2) is 23.3 Å². The van der Waals surface area contributed by atoms with Crippen molar-refractivity contribution in [2.75, 3.05) is 11.9 Å². The summed E-state index contributed by atoms with van der Waals surface area (Å²) in [4.78, 5) is 26.8. The molecule has 0 fully saturated rings. The molecule has 1 N–H and O–H groups in total. The molecule has 1 aliphatic rings. The third-order valence-electron chi connectivity index (χ3n) is 4.76. The summed E-state index contributed by atoms with van der Waals surface area (Å²) in [7, 11) is 0. The van der Waals surface area contributed by atoms with E-state index in [1.807, 2.05) is 70.3 Å². The molecule has 28 heavy (non-hydrogen) atoms. The zero-order valence-electron chi connectivity index (χ0n) is 15.3. The van der Waals surface area contributed by atoms with Crippen molar-refractivity contribution in [3.63, 3.8) is 0 Å². The third kappa shape index (κ3) is 4.21. The maximum absolute atomic E-state index is 12.7. The van der Waals surface area contributed by atoms with Gasteiger partial charge in [0.15, 0.2) is 0 Å². The Morgan fingerprint density at radius 1 is 1.04 bits per heavy atom. The fourth-order valence-corrected chi connectivity index (χ4v) is 3.93. The van der Waals surface area contributed by atoms with Gasteiger partial charge in [0.1, 0.15) is 0 Å². The first kappa shape index (κ1) is 18.2. The van der Waals surface area contributed by atoms with E-state index in [-0.39, 0.29) is 11.8 Å². The molecule has 4 nitrogen and oxygen atoms in total. The molecule has 0 spiro atoms. The van der Waals surface area contributed by atoms with Crippen LogP contribution in [0.5, 0.6) is 0 Å². The zero-order chi connectivity index (χ0) is 19.3. The molecule has 0 unspecified atom stereocenters. The standard InChI is InChI=1S/C23H20N2O2S/c26-22(9-6-17-11-13-28-16-17)24-21-8-7-18-10-12-25(15-20(18)14-21)23(27)19-4-2-1-3-5-19/h1-9,11,13-14,16H,10,12,15H2,(H,24,26)/b9-6+. The topological polar surface area (TPSA) is 49.4 Å². The van der Waals surface area contributed by atoms with Gasteiger partial charge in [-0.3, -0.25) is 9.59 Å². The van der Waals surface area contributed by atoms with E-state index in [9.17, 15) is 9.59 Å². The van der Waals surface area contributed by atoms with Crippen LogP contribution in [0.15, 0.2) is 71.4 Å². The quantitative estimate of drug-likeness (QED) is 0.664. The molecule has 0 atom stereocenters. The number of hydrogen-bond acceptors (Lipinski definition) is 3. The van der Waals surface area contributed by atoms with Gasteiger partial charge in [0.05, 0.1) is 0 Å². The van der Waals surface area contributed by atoms with Gasteiger partial charge in [-0.05, 0) is 70.3 Å². The zero-order valence-corrected chi connectivity index (χ0v) is 16.1. The predicted octanol–water partition coefficient (Wildman–Crippen LogP) is 4.60. The molecule has 0 radical (unpaired) electrons. The molecule has 0 saturated heterocycles. The number of anilines is 1. The summed E-state index contributed by atoms with van der Waals surface area (Å²) in [6.45, 7) is 1.26. The number of rotatable bonds is 4. The summed E-state index contributed by atoms with van der Waals surface area (Å²) in [6, 6.07) is 17.2.